The quantitative estimate of drug-likeness (QED) is 0.718. The molecule has 2 N–H and O–H groups in total. The van der Waals surface area contributed by atoms with Crippen LogP contribution in [0.1, 0.15) is 34.6 Å². The number of hydrogen-bond donors (Lipinski definition) is 2. The van der Waals surface area contributed by atoms with Crippen molar-refractivity contribution in [1.82, 2.24) is 15.5 Å². The average molecular weight is 205 g/mol. The van der Waals surface area contributed by atoms with E-state index in [1.54, 1.807) is 0 Å². The summed E-state index contributed by atoms with van der Waals surface area (Å²) in [6, 6.07) is 0.256. The molecule has 15 heavy (non-hydrogen) atoms. The van der Waals surface area contributed by atoms with Crippen LogP contribution in [0.25, 0.3) is 0 Å². The van der Waals surface area contributed by atoms with Gasteiger partial charge in [0.1, 0.15) is 0 Å². The Morgan fingerprint density at radius 3 is 2.67 bits per heavy atom. The molecule has 0 spiro atoms. The third-order valence-electron chi connectivity index (χ3n) is 2.70. The molecule has 0 aromatic carbocycles. The van der Waals surface area contributed by atoms with Crippen molar-refractivity contribution < 1.29 is 4.79 Å². The number of aromatic amines is 1. The van der Waals surface area contributed by atoms with E-state index in [9.17, 15) is 4.79 Å². The van der Waals surface area contributed by atoms with E-state index in [-0.39, 0.29) is 11.9 Å². The van der Waals surface area contributed by atoms with Crippen molar-refractivity contribution in [2.45, 2.75) is 32.7 Å². The van der Waals surface area contributed by atoms with E-state index < -0.39 is 0 Å². The van der Waals surface area contributed by atoms with E-state index >= 15 is 0 Å². The summed E-state index contributed by atoms with van der Waals surface area (Å²) >= 11 is 0. The van der Waals surface area contributed by atoms with Crippen molar-refractivity contribution in [3.8, 4) is 0 Å². The number of H-pyrrole nitrogens is 1. The second kappa shape index (κ2) is 3.88. The van der Waals surface area contributed by atoms with E-state index in [0.29, 0.717) is 5.56 Å². The number of aryl methyl sites for hydroxylation is 2. The van der Waals surface area contributed by atoms with Crippen LogP contribution in [-0.4, -0.2) is 22.1 Å². The highest BCUT2D eigenvalue weighted by Gasteiger charge is 2.19. The Labute approximate surface area is 88.8 Å². The predicted octanol–water partition coefficient (Wildman–Crippen LogP) is 1.47. The third-order valence-corrected chi connectivity index (χ3v) is 2.70. The minimum atomic E-state index is -0.0209. The highest BCUT2D eigenvalue weighted by atomic mass is 16.1. The maximum atomic E-state index is 11.9. The molecule has 0 saturated heterocycles. The SMILES string of the molecule is Cc1n[nH]c(C)c1C(=O)NC1CC=CC1. The van der Waals surface area contributed by atoms with Gasteiger partial charge in [-0.3, -0.25) is 9.89 Å². The van der Waals surface area contributed by atoms with Gasteiger partial charge in [0.2, 0.25) is 0 Å². The summed E-state index contributed by atoms with van der Waals surface area (Å²) in [5, 5.41) is 9.83. The molecule has 4 heteroatoms. The number of rotatable bonds is 2. The van der Waals surface area contributed by atoms with Crippen LogP contribution in [0.15, 0.2) is 12.2 Å². The van der Waals surface area contributed by atoms with Crippen molar-refractivity contribution in [2.75, 3.05) is 0 Å². The summed E-state index contributed by atoms with van der Waals surface area (Å²) in [5.41, 5.74) is 2.27. The van der Waals surface area contributed by atoms with Crippen molar-refractivity contribution >= 4 is 5.91 Å². The van der Waals surface area contributed by atoms with Gasteiger partial charge in [-0.2, -0.15) is 5.10 Å². The Morgan fingerprint density at radius 2 is 2.13 bits per heavy atom. The van der Waals surface area contributed by atoms with E-state index in [1.807, 2.05) is 13.8 Å². The molecule has 0 saturated carbocycles. The zero-order chi connectivity index (χ0) is 10.8. The zero-order valence-electron chi connectivity index (χ0n) is 9.00. The number of hydrogen-bond acceptors (Lipinski definition) is 2. The molecule has 0 bridgehead atoms. The molecule has 1 aliphatic carbocycles. The Hall–Kier alpha value is -1.58. The molecule has 0 unspecified atom stereocenters. The van der Waals surface area contributed by atoms with Gasteiger partial charge in [-0.1, -0.05) is 12.2 Å². The first-order valence-corrected chi connectivity index (χ1v) is 5.16. The fourth-order valence-corrected chi connectivity index (χ4v) is 1.88. The van der Waals surface area contributed by atoms with Gasteiger partial charge < -0.3 is 5.32 Å². The third kappa shape index (κ3) is 1.93. The largest absolute Gasteiger partial charge is 0.349 e. The molecular weight excluding hydrogens is 190 g/mol. The van der Waals surface area contributed by atoms with E-state index in [0.717, 1.165) is 24.2 Å². The van der Waals surface area contributed by atoms with Gasteiger partial charge in [0.05, 0.1) is 11.3 Å². The molecule has 0 radical (unpaired) electrons. The molecule has 0 fully saturated rings. The standard InChI is InChI=1S/C11H15N3O/c1-7-10(8(2)14-13-7)11(15)12-9-5-3-4-6-9/h3-4,9H,5-6H2,1-2H3,(H,12,15)(H,13,14). The molecule has 1 aromatic heterocycles. The molecule has 1 aliphatic rings. The smallest absolute Gasteiger partial charge is 0.255 e. The number of carbonyl (C=O) groups excluding carboxylic acids is 1. The second-order valence-electron chi connectivity index (χ2n) is 3.92. The minimum absolute atomic E-state index is 0.0209. The maximum Gasteiger partial charge on any atom is 0.255 e. The lowest BCUT2D eigenvalue weighted by molar-refractivity contribution is 0.0938. The van der Waals surface area contributed by atoms with Crippen molar-refractivity contribution in [3.05, 3.63) is 29.1 Å². The van der Waals surface area contributed by atoms with Crippen LogP contribution in [0.2, 0.25) is 0 Å². The Bertz CT molecular complexity index is 378. The Morgan fingerprint density at radius 1 is 1.47 bits per heavy atom. The Balaban J connectivity index is 2.07. The molecule has 2 rings (SSSR count). The van der Waals surface area contributed by atoms with Gasteiger partial charge in [-0.15, -0.1) is 0 Å². The lowest BCUT2D eigenvalue weighted by Crippen LogP contribution is -2.33. The molecule has 80 valence electrons. The van der Waals surface area contributed by atoms with Gasteiger partial charge >= 0.3 is 0 Å². The van der Waals surface area contributed by atoms with Gasteiger partial charge in [0.25, 0.3) is 5.91 Å². The number of nitrogens with zero attached hydrogens (tertiary/aromatic N) is 1. The van der Waals surface area contributed by atoms with Crippen molar-refractivity contribution in [3.63, 3.8) is 0 Å². The van der Waals surface area contributed by atoms with E-state index in [2.05, 4.69) is 27.7 Å². The number of nitrogens with one attached hydrogen (secondary N) is 2. The highest BCUT2D eigenvalue weighted by molar-refractivity contribution is 5.96. The van der Waals surface area contributed by atoms with Gasteiger partial charge in [-0.25, -0.2) is 0 Å². The molecule has 0 atom stereocenters. The van der Waals surface area contributed by atoms with E-state index in [4.69, 9.17) is 0 Å². The first-order valence-electron chi connectivity index (χ1n) is 5.16. The number of aromatic nitrogens is 2. The number of amides is 1. The summed E-state index contributed by atoms with van der Waals surface area (Å²) in [6.07, 6.45) is 6.06. The minimum Gasteiger partial charge on any atom is -0.349 e. The van der Waals surface area contributed by atoms with Gasteiger partial charge in [-0.05, 0) is 26.7 Å². The molecule has 1 amide bonds. The lowest BCUT2D eigenvalue weighted by Gasteiger charge is -2.11. The zero-order valence-corrected chi connectivity index (χ0v) is 9.00. The highest BCUT2D eigenvalue weighted by Crippen LogP contribution is 2.13. The summed E-state index contributed by atoms with van der Waals surface area (Å²) < 4.78 is 0. The first kappa shape index (κ1) is 9.96. The molecule has 1 aromatic rings. The Kier molecular flexibility index (Phi) is 2.58. The van der Waals surface area contributed by atoms with Crippen LogP contribution in [-0.2, 0) is 0 Å². The molecular formula is C11H15N3O. The topological polar surface area (TPSA) is 57.8 Å². The van der Waals surface area contributed by atoms with Crippen molar-refractivity contribution in [2.24, 2.45) is 0 Å². The molecule has 1 heterocycles. The van der Waals surface area contributed by atoms with Crippen LogP contribution in [0, 0.1) is 13.8 Å². The fraction of sp³-hybridized carbons (Fsp3) is 0.455. The second-order valence-corrected chi connectivity index (χ2v) is 3.92. The van der Waals surface area contributed by atoms with Crippen LogP contribution in [0.5, 0.6) is 0 Å². The normalized spacial score (nSPS) is 15.9. The lowest BCUT2D eigenvalue weighted by atomic mass is 10.1. The van der Waals surface area contributed by atoms with E-state index in [1.165, 1.54) is 0 Å². The van der Waals surface area contributed by atoms with Crippen LogP contribution < -0.4 is 5.32 Å². The van der Waals surface area contributed by atoms with Crippen LogP contribution in [0.4, 0.5) is 0 Å². The van der Waals surface area contributed by atoms with Crippen LogP contribution >= 0.6 is 0 Å². The summed E-state index contributed by atoms with van der Waals surface area (Å²) in [4.78, 5) is 11.9. The average Bonchev–Trinajstić information content (AvgIpc) is 2.77. The fourth-order valence-electron chi connectivity index (χ4n) is 1.88. The summed E-state index contributed by atoms with van der Waals surface area (Å²) in [7, 11) is 0. The van der Waals surface area contributed by atoms with Gasteiger partial charge in [0.15, 0.2) is 0 Å². The summed E-state index contributed by atoms with van der Waals surface area (Å²) in [6.45, 7) is 3.70. The monoisotopic (exact) mass is 205 g/mol. The first-order chi connectivity index (χ1) is 7.18. The van der Waals surface area contributed by atoms with Crippen molar-refractivity contribution in [1.29, 1.82) is 0 Å². The van der Waals surface area contributed by atoms with Gasteiger partial charge in [0, 0.05) is 11.7 Å². The number of carbonyl (C=O) groups is 1. The predicted molar refractivity (Wildman–Crippen MR) is 57.7 cm³/mol. The molecule has 4 nitrogen and oxygen atoms in total. The van der Waals surface area contributed by atoms with Crippen LogP contribution in [0.3, 0.4) is 0 Å². The summed E-state index contributed by atoms with van der Waals surface area (Å²) in [5.74, 6) is -0.0209. The maximum absolute atomic E-state index is 11.9. The molecule has 0 aliphatic heterocycles.